The summed E-state index contributed by atoms with van der Waals surface area (Å²) in [6.07, 6.45) is 11.9. The third kappa shape index (κ3) is 4.79. The lowest BCUT2D eigenvalue weighted by Gasteiger charge is -2.27. The number of nitrogens with zero attached hydrogens (tertiary/aromatic N) is 5. The van der Waals surface area contributed by atoms with Gasteiger partial charge in [0.1, 0.15) is 17.7 Å². The molecule has 3 aliphatic rings. The number of benzene rings is 2. The number of carbonyl (C=O) groups is 2. The molecular formula is C31H28N7O2+. The summed E-state index contributed by atoms with van der Waals surface area (Å²) in [5.41, 5.74) is 3.68. The van der Waals surface area contributed by atoms with Crippen molar-refractivity contribution in [2.24, 2.45) is 15.8 Å². The first kappa shape index (κ1) is 25.3. The highest BCUT2D eigenvalue weighted by atomic mass is 16.2. The van der Waals surface area contributed by atoms with Crippen molar-refractivity contribution in [3.8, 4) is 0 Å². The molecular weight excluding hydrogens is 502 g/mol. The van der Waals surface area contributed by atoms with Gasteiger partial charge in [-0.05, 0) is 60.9 Å². The minimum Gasteiger partial charge on any atom is -0.330 e. The Bertz CT molecular complexity index is 1590. The molecule has 2 atom stereocenters. The number of anilines is 1. The maximum Gasteiger partial charge on any atom is 0.264 e. The van der Waals surface area contributed by atoms with Gasteiger partial charge in [0.05, 0.1) is 24.0 Å². The van der Waals surface area contributed by atoms with E-state index in [2.05, 4.69) is 15.3 Å². The number of rotatable bonds is 6. The smallest absolute Gasteiger partial charge is 0.264 e. The van der Waals surface area contributed by atoms with E-state index >= 15 is 0 Å². The monoisotopic (exact) mass is 530 g/mol. The van der Waals surface area contributed by atoms with Crippen LogP contribution in [-0.2, 0) is 4.79 Å². The van der Waals surface area contributed by atoms with Crippen LogP contribution in [-0.4, -0.2) is 50.9 Å². The molecule has 4 heterocycles. The molecule has 2 aromatic carbocycles. The van der Waals surface area contributed by atoms with E-state index in [-0.39, 0.29) is 22.4 Å². The summed E-state index contributed by atoms with van der Waals surface area (Å²) in [5, 5.41) is 2.79. The van der Waals surface area contributed by atoms with Gasteiger partial charge in [-0.2, -0.15) is 10.8 Å². The summed E-state index contributed by atoms with van der Waals surface area (Å²) in [7, 11) is 0. The Hall–Kier alpha value is -4.99. The summed E-state index contributed by atoms with van der Waals surface area (Å²) in [6, 6.07) is 22.0. The van der Waals surface area contributed by atoms with Crippen molar-refractivity contribution in [1.82, 2.24) is 9.88 Å². The van der Waals surface area contributed by atoms with Gasteiger partial charge in [0, 0.05) is 24.4 Å². The lowest BCUT2D eigenvalue weighted by atomic mass is 10.1. The molecule has 1 fully saturated rings. The van der Waals surface area contributed by atoms with Crippen LogP contribution in [0.2, 0.25) is 0 Å². The highest BCUT2D eigenvalue weighted by Gasteiger charge is 2.48. The molecule has 9 heteroatoms. The number of hydrogen-bond acceptors (Lipinski definition) is 6. The van der Waals surface area contributed by atoms with Crippen molar-refractivity contribution in [1.29, 1.82) is 0 Å². The van der Waals surface area contributed by atoms with Gasteiger partial charge in [0.25, 0.3) is 11.7 Å². The van der Waals surface area contributed by atoms with Crippen LogP contribution in [0.3, 0.4) is 0 Å². The standard InChI is InChI=1S/C31H27N7O2/c32-38-20-18-33-21-26(38)29(25-9-6-19-37(25)28(39)16-11-22-7-2-1-3-8-22)36-30(38)23-12-14-24(15-13-23)31(40)35-27-10-4-5-17-34-27/h1-5,7-8,10-18,20-21,25H,6,9,19,32H2/p+1/b16-11+. The summed E-state index contributed by atoms with van der Waals surface area (Å²) in [4.78, 5) is 41.3. The molecule has 1 aromatic heterocycles. The number of amides is 2. The van der Waals surface area contributed by atoms with Gasteiger partial charge < -0.3 is 10.2 Å². The molecule has 3 aliphatic heterocycles. The van der Waals surface area contributed by atoms with Gasteiger partial charge in [-0.25, -0.2) is 4.98 Å². The number of amidine groups is 1. The lowest BCUT2D eigenvalue weighted by Crippen LogP contribution is -2.53. The first-order valence-electron chi connectivity index (χ1n) is 13.1. The first-order valence-corrected chi connectivity index (χ1v) is 13.1. The topological polar surface area (TPSA) is 113 Å². The number of nitrogens with one attached hydrogen (secondary N) is 1. The van der Waals surface area contributed by atoms with Crippen LogP contribution in [0.4, 0.5) is 5.82 Å². The van der Waals surface area contributed by atoms with Crippen molar-refractivity contribution in [3.05, 3.63) is 126 Å². The fraction of sp³-hybridized carbons (Fsp3) is 0.129. The molecule has 2 unspecified atom stereocenters. The van der Waals surface area contributed by atoms with Crippen LogP contribution < -0.4 is 11.2 Å². The number of aromatic nitrogens is 1. The normalized spacial score (nSPS) is 21.6. The van der Waals surface area contributed by atoms with Crippen LogP contribution in [0.5, 0.6) is 0 Å². The Kier molecular flexibility index (Phi) is 6.73. The zero-order valence-electron chi connectivity index (χ0n) is 21.7. The number of fused-ring (bicyclic) bond motifs is 1. The van der Waals surface area contributed by atoms with E-state index in [9.17, 15) is 9.59 Å². The number of pyridine rings is 1. The Morgan fingerprint density at radius 2 is 1.82 bits per heavy atom. The van der Waals surface area contributed by atoms with Gasteiger partial charge in [-0.3, -0.25) is 14.6 Å². The van der Waals surface area contributed by atoms with Gasteiger partial charge in [0.2, 0.25) is 11.6 Å². The predicted molar refractivity (Wildman–Crippen MR) is 154 cm³/mol. The molecule has 0 spiro atoms. The van der Waals surface area contributed by atoms with Crippen molar-refractivity contribution in [2.45, 2.75) is 18.9 Å². The minimum atomic E-state index is -0.261. The van der Waals surface area contributed by atoms with Gasteiger partial charge in [-0.1, -0.05) is 36.4 Å². The second-order valence-corrected chi connectivity index (χ2v) is 9.74. The highest BCUT2D eigenvalue weighted by molar-refractivity contribution is 6.05. The van der Waals surface area contributed by atoms with E-state index < -0.39 is 0 Å². The second-order valence-electron chi connectivity index (χ2n) is 9.74. The molecule has 0 aliphatic carbocycles. The zero-order chi connectivity index (χ0) is 27.5. The Balaban J connectivity index is 1.27. The van der Waals surface area contributed by atoms with Crippen molar-refractivity contribution >= 4 is 35.8 Å². The van der Waals surface area contributed by atoms with E-state index in [0.717, 1.165) is 35.4 Å². The predicted octanol–water partition coefficient (Wildman–Crippen LogP) is 4.26. The van der Waals surface area contributed by atoms with Crippen molar-refractivity contribution < 1.29 is 14.2 Å². The Morgan fingerprint density at radius 1 is 1.02 bits per heavy atom. The number of carbonyl (C=O) groups excluding carboxylic acids is 2. The third-order valence-electron chi connectivity index (χ3n) is 7.20. The number of likely N-dealkylation sites (tertiary alicyclic amines) is 1. The van der Waals surface area contributed by atoms with Crippen molar-refractivity contribution in [3.63, 3.8) is 0 Å². The average molecular weight is 531 g/mol. The average Bonchev–Trinajstić information content (AvgIpc) is 3.59. The molecule has 6 rings (SSSR count). The van der Waals surface area contributed by atoms with E-state index in [0.29, 0.717) is 23.8 Å². The number of quaternary nitrogens is 1. The van der Waals surface area contributed by atoms with Crippen LogP contribution >= 0.6 is 0 Å². The Morgan fingerprint density at radius 3 is 2.60 bits per heavy atom. The molecule has 3 aromatic rings. The van der Waals surface area contributed by atoms with E-state index in [1.54, 1.807) is 55.2 Å². The summed E-state index contributed by atoms with van der Waals surface area (Å²) < 4.78 is -0.156. The van der Waals surface area contributed by atoms with Gasteiger partial charge >= 0.3 is 0 Å². The summed E-state index contributed by atoms with van der Waals surface area (Å²) >= 11 is 0. The molecule has 3 N–H and O–H groups in total. The number of aliphatic imine (C=N–C) groups is 2. The number of hydrogen-bond donors (Lipinski definition) is 2. The summed E-state index contributed by atoms with van der Waals surface area (Å²) in [6.45, 7) is 0.641. The quantitative estimate of drug-likeness (QED) is 0.282. The van der Waals surface area contributed by atoms with E-state index in [1.165, 1.54) is 0 Å². The largest absolute Gasteiger partial charge is 0.330 e. The van der Waals surface area contributed by atoms with Crippen LogP contribution in [0.15, 0.2) is 119 Å². The number of allylic oxidation sites excluding steroid dienone is 1. The molecule has 198 valence electrons. The van der Waals surface area contributed by atoms with Gasteiger partial charge in [-0.15, -0.1) is 4.59 Å². The van der Waals surface area contributed by atoms with Crippen LogP contribution in [0.1, 0.15) is 34.3 Å². The minimum absolute atomic E-state index is 0.0650. The molecule has 9 nitrogen and oxygen atoms in total. The fourth-order valence-corrected chi connectivity index (χ4v) is 5.19. The van der Waals surface area contributed by atoms with E-state index in [1.807, 2.05) is 59.5 Å². The molecule has 0 radical (unpaired) electrons. The highest BCUT2D eigenvalue weighted by Crippen LogP contribution is 2.37. The fourth-order valence-electron chi connectivity index (χ4n) is 5.19. The van der Waals surface area contributed by atoms with Gasteiger partial charge in [0.15, 0.2) is 0 Å². The lowest BCUT2D eigenvalue weighted by molar-refractivity contribution is -0.750. The molecule has 0 bridgehead atoms. The number of nitrogens with two attached hydrogens (primary N) is 1. The van der Waals surface area contributed by atoms with Crippen molar-refractivity contribution in [2.75, 3.05) is 11.9 Å². The van der Waals surface area contributed by atoms with Crippen LogP contribution in [0, 0.1) is 0 Å². The zero-order valence-corrected chi connectivity index (χ0v) is 21.7. The first-order chi connectivity index (χ1) is 19.5. The third-order valence-corrected chi connectivity index (χ3v) is 7.20. The molecule has 2 amide bonds. The maximum absolute atomic E-state index is 13.3. The molecule has 40 heavy (non-hydrogen) atoms. The molecule has 0 saturated carbocycles. The summed E-state index contributed by atoms with van der Waals surface area (Å²) in [5.74, 6) is 7.68. The Labute approximate surface area is 231 Å². The maximum atomic E-state index is 13.3. The SMILES string of the molecule is N[N+]12C=CN=CC1=C(C1CCCN1C(=O)/C=C/c1ccccc1)N=C2c1ccc(C(=O)Nc2ccccn2)cc1. The van der Waals surface area contributed by atoms with E-state index in [4.69, 9.17) is 10.8 Å². The second kappa shape index (κ2) is 10.6. The van der Waals surface area contributed by atoms with Crippen LogP contribution in [0.25, 0.3) is 6.08 Å². The molecule has 1 saturated heterocycles.